The van der Waals surface area contributed by atoms with Crippen molar-refractivity contribution in [2.24, 2.45) is 0 Å². The van der Waals surface area contributed by atoms with Gasteiger partial charge >= 0.3 is 0 Å². The van der Waals surface area contributed by atoms with Crippen LogP contribution in [0.2, 0.25) is 0 Å². The van der Waals surface area contributed by atoms with Crippen LogP contribution in [-0.2, 0) is 6.54 Å². The molecule has 0 amide bonds. The van der Waals surface area contributed by atoms with Crippen molar-refractivity contribution in [1.29, 1.82) is 0 Å². The summed E-state index contributed by atoms with van der Waals surface area (Å²) in [6.45, 7) is 0.784. The number of hydrogen-bond donors (Lipinski definition) is 1. The Balaban J connectivity index is 2.05. The molecule has 2 aromatic rings. The van der Waals surface area contributed by atoms with Crippen LogP contribution in [0.15, 0.2) is 47.1 Å². The maximum Gasteiger partial charge on any atom is 0.123 e. The molecule has 0 aliphatic carbocycles. The van der Waals surface area contributed by atoms with Crippen molar-refractivity contribution in [3.05, 3.63) is 48.4 Å². The highest BCUT2D eigenvalue weighted by Gasteiger charge is 2.03. The second-order valence-electron chi connectivity index (χ2n) is 3.73. The average Bonchev–Trinajstić information content (AvgIpc) is 2.82. The van der Waals surface area contributed by atoms with Crippen LogP contribution in [0, 0.1) is 0 Å². The summed E-state index contributed by atoms with van der Waals surface area (Å²) in [4.78, 5) is 2.15. The first-order valence-electron chi connectivity index (χ1n) is 5.31. The summed E-state index contributed by atoms with van der Waals surface area (Å²) in [5.74, 6) is 0.972. The van der Waals surface area contributed by atoms with Crippen LogP contribution in [0.3, 0.4) is 0 Å². The van der Waals surface area contributed by atoms with E-state index in [4.69, 9.17) is 4.42 Å². The van der Waals surface area contributed by atoms with Gasteiger partial charge in [-0.25, -0.2) is 0 Å². The lowest BCUT2D eigenvalue weighted by atomic mass is 10.2. The molecule has 2 rings (SSSR count). The van der Waals surface area contributed by atoms with E-state index in [0.29, 0.717) is 0 Å². The lowest BCUT2D eigenvalue weighted by molar-refractivity contribution is 0.507. The van der Waals surface area contributed by atoms with Crippen LogP contribution in [0.25, 0.3) is 0 Å². The molecule has 0 atom stereocenters. The molecule has 0 aliphatic heterocycles. The molecular weight excluding hydrogens is 200 g/mol. The number of benzene rings is 1. The Morgan fingerprint density at radius 2 is 1.94 bits per heavy atom. The maximum absolute atomic E-state index is 5.32. The minimum atomic E-state index is 0.784. The number of nitrogens with zero attached hydrogens (tertiary/aromatic N) is 1. The monoisotopic (exact) mass is 216 g/mol. The first kappa shape index (κ1) is 10.6. The van der Waals surface area contributed by atoms with Gasteiger partial charge in [0.05, 0.1) is 12.8 Å². The summed E-state index contributed by atoms with van der Waals surface area (Å²) in [6.07, 6.45) is 1.70. The standard InChI is InChI=1S/C13H16N2O/c1-14-11-5-7-12(8-6-11)15(2)10-13-4-3-9-16-13/h3-9,14H,10H2,1-2H3. The maximum atomic E-state index is 5.32. The van der Waals surface area contributed by atoms with Gasteiger partial charge in [0.25, 0.3) is 0 Å². The van der Waals surface area contributed by atoms with Crippen molar-refractivity contribution in [3.8, 4) is 0 Å². The number of furan rings is 1. The van der Waals surface area contributed by atoms with Crippen LogP contribution >= 0.6 is 0 Å². The Kier molecular flexibility index (Phi) is 3.15. The SMILES string of the molecule is CNc1ccc(N(C)Cc2ccco2)cc1. The van der Waals surface area contributed by atoms with Gasteiger partial charge < -0.3 is 14.6 Å². The van der Waals surface area contributed by atoms with E-state index in [-0.39, 0.29) is 0 Å². The molecule has 1 aromatic carbocycles. The zero-order valence-electron chi connectivity index (χ0n) is 9.60. The van der Waals surface area contributed by atoms with Crippen molar-refractivity contribution in [2.45, 2.75) is 6.54 Å². The van der Waals surface area contributed by atoms with Gasteiger partial charge in [-0.2, -0.15) is 0 Å². The summed E-state index contributed by atoms with van der Waals surface area (Å²) < 4.78 is 5.32. The normalized spacial score (nSPS) is 10.1. The van der Waals surface area contributed by atoms with Crippen molar-refractivity contribution >= 4 is 11.4 Å². The Bertz CT molecular complexity index is 420. The lowest BCUT2D eigenvalue weighted by Crippen LogP contribution is -2.15. The molecule has 3 heteroatoms. The molecule has 16 heavy (non-hydrogen) atoms. The minimum Gasteiger partial charge on any atom is -0.467 e. The summed E-state index contributed by atoms with van der Waals surface area (Å²) in [5, 5.41) is 3.10. The first-order chi connectivity index (χ1) is 7.79. The van der Waals surface area contributed by atoms with Crippen LogP contribution < -0.4 is 10.2 Å². The molecule has 0 saturated carbocycles. The fourth-order valence-electron chi connectivity index (χ4n) is 1.61. The summed E-state index contributed by atoms with van der Waals surface area (Å²) in [7, 11) is 3.97. The van der Waals surface area contributed by atoms with Gasteiger partial charge in [-0.15, -0.1) is 0 Å². The predicted octanol–water partition coefficient (Wildman–Crippen LogP) is 2.96. The molecule has 1 N–H and O–H groups in total. The molecule has 1 aromatic heterocycles. The van der Waals surface area contributed by atoms with Crippen LogP contribution in [0.4, 0.5) is 11.4 Å². The second kappa shape index (κ2) is 4.75. The van der Waals surface area contributed by atoms with Crippen LogP contribution in [0.5, 0.6) is 0 Å². The van der Waals surface area contributed by atoms with E-state index in [1.807, 2.05) is 19.2 Å². The predicted molar refractivity (Wildman–Crippen MR) is 66.8 cm³/mol. The molecule has 0 aliphatic rings. The summed E-state index contributed by atoms with van der Waals surface area (Å²) in [6, 6.07) is 12.2. The topological polar surface area (TPSA) is 28.4 Å². The summed E-state index contributed by atoms with van der Waals surface area (Å²) in [5.41, 5.74) is 2.30. The first-order valence-corrected chi connectivity index (χ1v) is 5.31. The zero-order valence-corrected chi connectivity index (χ0v) is 9.60. The molecule has 0 unspecified atom stereocenters. The molecule has 0 bridgehead atoms. The van der Waals surface area contributed by atoms with E-state index < -0.39 is 0 Å². The molecule has 1 heterocycles. The van der Waals surface area contributed by atoms with Crippen LogP contribution in [-0.4, -0.2) is 14.1 Å². The molecule has 3 nitrogen and oxygen atoms in total. The number of rotatable bonds is 4. The third-order valence-electron chi connectivity index (χ3n) is 2.57. The van der Waals surface area contributed by atoms with Gasteiger partial charge in [0.1, 0.15) is 5.76 Å². The van der Waals surface area contributed by atoms with Crippen molar-refractivity contribution < 1.29 is 4.42 Å². The van der Waals surface area contributed by atoms with Gasteiger partial charge in [-0.1, -0.05) is 0 Å². The van der Waals surface area contributed by atoms with E-state index >= 15 is 0 Å². The van der Waals surface area contributed by atoms with E-state index in [9.17, 15) is 0 Å². The molecule has 0 spiro atoms. The van der Waals surface area contributed by atoms with E-state index in [1.54, 1.807) is 6.26 Å². The second-order valence-corrected chi connectivity index (χ2v) is 3.73. The quantitative estimate of drug-likeness (QED) is 0.851. The Morgan fingerprint density at radius 1 is 1.19 bits per heavy atom. The van der Waals surface area contributed by atoms with Crippen LogP contribution in [0.1, 0.15) is 5.76 Å². The van der Waals surface area contributed by atoms with Gasteiger partial charge in [0.2, 0.25) is 0 Å². The fourth-order valence-corrected chi connectivity index (χ4v) is 1.61. The van der Waals surface area contributed by atoms with E-state index in [0.717, 1.165) is 18.0 Å². The average molecular weight is 216 g/mol. The Hall–Kier alpha value is -1.90. The lowest BCUT2D eigenvalue weighted by Gasteiger charge is -2.18. The van der Waals surface area contributed by atoms with E-state index in [2.05, 4.69) is 41.5 Å². The van der Waals surface area contributed by atoms with Gasteiger partial charge in [0, 0.05) is 25.5 Å². The Morgan fingerprint density at radius 3 is 2.50 bits per heavy atom. The van der Waals surface area contributed by atoms with E-state index in [1.165, 1.54) is 5.69 Å². The molecule has 0 fully saturated rings. The van der Waals surface area contributed by atoms with Crippen molar-refractivity contribution in [3.63, 3.8) is 0 Å². The summed E-state index contributed by atoms with van der Waals surface area (Å²) >= 11 is 0. The fraction of sp³-hybridized carbons (Fsp3) is 0.231. The largest absolute Gasteiger partial charge is 0.467 e. The molecular formula is C13H16N2O. The zero-order chi connectivity index (χ0) is 11.4. The Labute approximate surface area is 95.7 Å². The number of nitrogens with one attached hydrogen (secondary N) is 1. The number of hydrogen-bond acceptors (Lipinski definition) is 3. The van der Waals surface area contributed by atoms with Gasteiger partial charge in [-0.05, 0) is 36.4 Å². The van der Waals surface area contributed by atoms with Crippen molar-refractivity contribution in [2.75, 3.05) is 24.3 Å². The molecule has 84 valence electrons. The smallest absolute Gasteiger partial charge is 0.123 e. The third kappa shape index (κ3) is 2.37. The third-order valence-corrected chi connectivity index (χ3v) is 2.57. The highest BCUT2D eigenvalue weighted by Crippen LogP contribution is 2.18. The molecule has 0 radical (unpaired) electrons. The van der Waals surface area contributed by atoms with Gasteiger partial charge in [-0.3, -0.25) is 0 Å². The highest BCUT2D eigenvalue weighted by molar-refractivity contribution is 5.54. The highest BCUT2D eigenvalue weighted by atomic mass is 16.3. The number of anilines is 2. The molecule has 0 saturated heterocycles. The van der Waals surface area contributed by atoms with Crippen molar-refractivity contribution in [1.82, 2.24) is 0 Å². The minimum absolute atomic E-state index is 0.784. The van der Waals surface area contributed by atoms with Gasteiger partial charge in [0.15, 0.2) is 0 Å².